The van der Waals surface area contributed by atoms with Gasteiger partial charge in [0, 0.05) is 6.54 Å². The molecule has 2 rings (SSSR count). The number of hydrogen-bond acceptors (Lipinski definition) is 5. The van der Waals surface area contributed by atoms with E-state index in [4.69, 9.17) is 10.0 Å². The Morgan fingerprint density at radius 1 is 1.55 bits per heavy atom. The summed E-state index contributed by atoms with van der Waals surface area (Å²) in [7, 11) is 0. The number of oxime groups is 1. The highest BCUT2D eigenvalue weighted by molar-refractivity contribution is 9.10. The van der Waals surface area contributed by atoms with Gasteiger partial charge in [-0.05, 0) is 40.0 Å². The van der Waals surface area contributed by atoms with Crippen LogP contribution in [-0.2, 0) is 10.6 Å². The normalized spacial score (nSPS) is 21.7. The Morgan fingerprint density at radius 3 is 3.00 bits per heavy atom. The summed E-state index contributed by atoms with van der Waals surface area (Å²) in [4.78, 5) is 5.03. The molecule has 1 atom stereocenters. The third kappa shape index (κ3) is 2.85. The number of halogens is 2. The third-order valence-corrected chi connectivity index (χ3v) is 3.74. The minimum Gasteiger partial charge on any atom is -0.395 e. The number of nitrogens with zero attached hydrogens (tertiary/aromatic N) is 1. The zero-order valence-corrected chi connectivity index (χ0v) is 12.7. The minimum absolute atomic E-state index is 0.0226. The first kappa shape index (κ1) is 15.4. The summed E-state index contributed by atoms with van der Waals surface area (Å²) in [6, 6.07) is 4.72. The molecule has 20 heavy (non-hydrogen) atoms. The molecule has 110 valence electrons. The number of aliphatic hydroxyl groups is 1. The summed E-state index contributed by atoms with van der Waals surface area (Å²) < 4.78 is 13.8. The van der Waals surface area contributed by atoms with Crippen molar-refractivity contribution in [2.75, 3.05) is 13.2 Å². The van der Waals surface area contributed by atoms with Gasteiger partial charge in [0.2, 0.25) is 0 Å². The van der Waals surface area contributed by atoms with E-state index < -0.39 is 5.66 Å². The predicted molar refractivity (Wildman–Crippen MR) is 77.4 cm³/mol. The molecule has 0 radical (unpaired) electrons. The zero-order valence-electron chi connectivity index (χ0n) is 11.1. The highest BCUT2D eigenvalue weighted by atomic mass is 79.9. The fourth-order valence-electron chi connectivity index (χ4n) is 2.18. The molecule has 0 saturated carbocycles. The molecular weight excluding hydrogens is 329 g/mol. The lowest BCUT2D eigenvalue weighted by Crippen LogP contribution is -2.56. The van der Waals surface area contributed by atoms with Gasteiger partial charge in [-0.1, -0.05) is 30.0 Å². The molecule has 1 aromatic rings. The van der Waals surface area contributed by atoms with Crippen molar-refractivity contribution in [3.05, 3.63) is 34.1 Å². The van der Waals surface area contributed by atoms with E-state index in [0.717, 1.165) is 24.1 Å². The van der Waals surface area contributed by atoms with Gasteiger partial charge < -0.3 is 5.11 Å². The monoisotopic (exact) mass is 345 g/mol. The van der Waals surface area contributed by atoms with Gasteiger partial charge in [0.15, 0.2) is 5.66 Å². The lowest BCUT2D eigenvalue weighted by molar-refractivity contribution is 0.0190. The van der Waals surface area contributed by atoms with Crippen molar-refractivity contribution in [1.82, 2.24) is 10.8 Å². The first-order chi connectivity index (χ1) is 9.64. The maximum Gasteiger partial charge on any atom is 0.173 e. The van der Waals surface area contributed by atoms with Crippen molar-refractivity contribution in [3.63, 3.8) is 0 Å². The fourth-order valence-corrected chi connectivity index (χ4v) is 2.56. The number of hydrogen-bond donors (Lipinski definition) is 3. The van der Waals surface area contributed by atoms with Crippen molar-refractivity contribution in [3.8, 4) is 0 Å². The molecule has 0 spiro atoms. The van der Waals surface area contributed by atoms with E-state index in [-0.39, 0.29) is 12.4 Å². The summed E-state index contributed by atoms with van der Waals surface area (Å²) >= 11 is 3.18. The van der Waals surface area contributed by atoms with Crippen LogP contribution in [0.25, 0.3) is 0 Å². The first-order valence-electron chi connectivity index (χ1n) is 6.46. The van der Waals surface area contributed by atoms with E-state index in [0.29, 0.717) is 11.0 Å². The highest BCUT2D eigenvalue weighted by Crippen LogP contribution is 2.29. The molecule has 1 aliphatic heterocycles. The highest BCUT2D eigenvalue weighted by Gasteiger charge is 2.42. The van der Waals surface area contributed by atoms with E-state index >= 15 is 0 Å². The summed E-state index contributed by atoms with van der Waals surface area (Å²) in [6.07, 6.45) is 1.62. The van der Waals surface area contributed by atoms with Crippen molar-refractivity contribution >= 4 is 21.6 Å². The molecule has 1 unspecified atom stereocenters. The number of hydroxylamine groups is 1. The average molecular weight is 346 g/mol. The van der Waals surface area contributed by atoms with Crippen molar-refractivity contribution < 1.29 is 14.4 Å². The van der Waals surface area contributed by atoms with E-state index in [9.17, 15) is 4.39 Å². The molecule has 1 aromatic carbocycles. The van der Waals surface area contributed by atoms with E-state index in [1.165, 1.54) is 6.07 Å². The van der Waals surface area contributed by atoms with Crippen molar-refractivity contribution in [2.24, 2.45) is 5.16 Å². The molecular formula is C13H17BrFN3O2. The van der Waals surface area contributed by atoms with E-state index in [2.05, 4.69) is 31.9 Å². The molecule has 1 aliphatic rings. The lowest BCUT2D eigenvalue weighted by atomic mass is 9.92. The molecule has 0 fully saturated rings. The van der Waals surface area contributed by atoms with Gasteiger partial charge in [0.25, 0.3) is 0 Å². The van der Waals surface area contributed by atoms with Gasteiger partial charge in [-0.15, -0.1) is 0 Å². The minimum atomic E-state index is -0.838. The van der Waals surface area contributed by atoms with Crippen LogP contribution in [0, 0.1) is 5.82 Å². The van der Waals surface area contributed by atoms with Gasteiger partial charge in [0.05, 0.1) is 11.1 Å². The Kier molecular flexibility index (Phi) is 5.09. The van der Waals surface area contributed by atoms with Crippen molar-refractivity contribution in [1.29, 1.82) is 0 Å². The molecule has 5 nitrogen and oxygen atoms in total. The van der Waals surface area contributed by atoms with E-state index in [1.54, 1.807) is 12.1 Å². The molecule has 0 aliphatic carbocycles. The topological polar surface area (TPSA) is 65.9 Å². The third-order valence-electron chi connectivity index (χ3n) is 3.13. The van der Waals surface area contributed by atoms with Crippen LogP contribution in [0.3, 0.4) is 0 Å². The Morgan fingerprint density at radius 2 is 2.35 bits per heavy atom. The van der Waals surface area contributed by atoms with Crippen LogP contribution in [0.5, 0.6) is 0 Å². The molecule has 1 heterocycles. The maximum absolute atomic E-state index is 13.4. The second-order valence-corrected chi connectivity index (χ2v) is 5.36. The Hall–Kier alpha value is -1.02. The molecule has 0 saturated heterocycles. The molecule has 0 amide bonds. The van der Waals surface area contributed by atoms with Crippen LogP contribution < -0.4 is 10.8 Å². The summed E-state index contributed by atoms with van der Waals surface area (Å²) in [5.74, 6) is -0.334. The van der Waals surface area contributed by atoms with Gasteiger partial charge in [0.1, 0.15) is 11.5 Å². The van der Waals surface area contributed by atoms with Gasteiger partial charge in [-0.2, -0.15) is 0 Å². The van der Waals surface area contributed by atoms with E-state index in [1.807, 2.05) is 6.92 Å². The quantitative estimate of drug-likeness (QED) is 0.737. The van der Waals surface area contributed by atoms with Crippen LogP contribution in [0.15, 0.2) is 27.8 Å². The summed E-state index contributed by atoms with van der Waals surface area (Å²) in [5.41, 5.74) is 3.53. The predicted octanol–water partition coefficient (Wildman–Crippen LogP) is 2.01. The van der Waals surface area contributed by atoms with Crippen LogP contribution in [0.2, 0.25) is 0 Å². The lowest BCUT2D eigenvalue weighted by Gasteiger charge is -2.30. The average Bonchev–Trinajstić information content (AvgIpc) is 2.84. The van der Waals surface area contributed by atoms with Crippen LogP contribution in [0.4, 0.5) is 4.39 Å². The molecule has 0 aromatic heterocycles. The number of benzene rings is 1. The van der Waals surface area contributed by atoms with Crippen LogP contribution >= 0.6 is 15.9 Å². The number of nitrogens with one attached hydrogen (secondary N) is 2. The van der Waals surface area contributed by atoms with Crippen LogP contribution in [0.1, 0.15) is 25.3 Å². The molecule has 7 heteroatoms. The van der Waals surface area contributed by atoms with Gasteiger partial charge in [-0.25, -0.2) is 4.39 Å². The summed E-state index contributed by atoms with van der Waals surface area (Å²) in [5, 5.41) is 16.3. The first-order valence-corrected chi connectivity index (χ1v) is 7.25. The van der Waals surface area contributed by atoms with Gasteiger partial charge >= 0.3 is 0 Å². The SMILES string of the molecule is CCCC1=NONC1(NCCO)c1ccc(F)c(Br)c1. The summed E-state index contributed by atoms with van der Waals surface area (Å²) in [6.45, 7) is 2.37. The number of rotatable bonds is 6. The van der Waals surface area contributed by atoms with Crippen LogP contribution in [-0.4, -0.2) is 24.0 Å². The Balaban J connectivity index is 2.41. The van der Waals surface area contributed by atoms with Crippen molar-refractivity contribution in [2.45, 2.75) is 25.4 Å². The molecule has 3 N–H and O–H groups in total. The standard InChI is InChI=1S/C13H17BrFN3O2/c1-2-3-12-13(16-6-7-19,18-20-17-12)9-4-5-11(15)10(14)8-9/h4-5,8,16,18-19H,2-3,6-7H2,1H3. The Labute approximate surface area is 125 Å². The zero-order chi connectivity index (χ0) is 14.6. The molecule has 0 bridgehead atoms. The second-order valence-electron chi connectivity index (χ2n) is 4.51. The maximum atomic E-state index is 13.4. The Bertz CT molecular complexity index is 512. The van der Waals surface area contributed by atoms with Gasteiger partial charge in [-0.3, -0.25) is 10.3 Å². The fraction of sp³-hybridized carbons (Fsp3) is 0.462. The second kappa shape index (κ2) is 6.62. The smallest absolute Gasteiger partial charge is 0.173 e. The largest absolute Gasteiger partial charge is 0.395 e. The number of aliphatic hydroxyl groups excluding tert-OH is 1.